The van der Waals surface area contributed by atoms with Crippen molar-refractivity contribution < 1.29 is 12.9 Å². The summed E-state index contributed by atoms with van der Waals surface area (Å²) in [5.41, 5.74) is 0.642. The largest absolute Gasteiger partial charge is 0.338 e. The first-order valence-corrected chi connectivity index (χ1v) is 8.59. The van der Waals surface area contributed by atoms with Crippen LogP contribution in [0.15, 0.2) is 28.8 Å². The third-order valence-corrected chi connectivity index (χ3v) is 4.53. The Morgan fingerprint density at radius 1 is 1.33 bits per heavy atom. The van der Waals surface area contributed by atoms with Gasteiger partial charge in [0.25, 0.3) is 0 Å². The lowest BCUT2D eigenvalue weighted by Gasteiger charge is -2.02. The van der Waals surface area contributed by atoms with Crippen molar-refractivity contribution in [3.63, 3.8) is 0 Å². The second-order valence-corrected chi connectivity index (χ2v) is 6.82. The predicted octanol–water partition coefficient (Wildman–Crippen LogP) is 2.61. The summed E-state index contributed by atoms with van der Waals surface area (Å²) >= 11 is 6.04. The Balaban J connectivity index is 2.03. The molecular weight excluding hydrogens is 314 g/mol. The zero-order valence-corrected chi connectivity index (χ0v) is 13.1. The van der Waals surface area contributed by atoms with Crippen molar-refractivity contribution in [3.8, 4) is 11.4 Å². The lowest BCUT2D eigenvalue weighted by atomic mass is 10.2. The highest BCUT2D eigenvalue weighted by molar-refractivity contribution is 7.89. The third-order valence-electron chi connectivity index (χ3n) is 2.79. The number of hydrogen-bond donors (Lipinski definition) is 1. The monoisotopic (exact) mass is 329 g/mol. The Labute approximate surface area is 128 Å². The Morgan fingerprint density at radius 2 is 2.10 bits per heavy atom. The highest BCUT2D eigenvalue weighted by Crippen LogP contribution is 2.24. The van der Waals surface area contributed by atoms with Crippen LogP contribution in [0.1, 0.15) is 25.7 Å². The number of nitrogens with zero attached hydrogens (tertiary/aromatic N) is 2. The van der Waals surface area contributed by atoms with E-state index in [1.54, 1.807) is 18.2 Å². The Kier molecular flexibility index (Phi) is 5.33. The lowest BCUT2D eigenvalue weighted by molar-refractivity contribution is 0.376. The molecule has 0 spiro atoms. The van der Waals surface area contributed by atoms with E-state index < -0.39 is 10.0 Å². The van der Waals surface area contributed by atoms with Gasteiger partial charge in [-0.1, -0.05) is 42.2 Å². The molecule has 0 saturated heterocycles. The number of rotatable bonds is 7. The zero-order chi connectivity index (χ0) is 15.3. The van der Waals surface area contributed by atoms with Crippen LogP contribution in [0.5, 0.6) is 0 Å². The van der Waals surface area contributed by atoms with Crippen molar-refractivity contribution in [2.24, 2.45) is 0 Å². The Morgan fingerprint density at radius 3 is 2.81 bits per heavy atom. The van der Waals surface area contributed by atoms with Crippen molar-refractivity contribution in [3.05, 3.63) is 35.2 Å². The second kappa shape index (κ2) is 7.02. The maximum atomic E-state index is 11.7. The maximum absolute atomic E-state index is 11.7. The van der Waals surface area contributed by atoms with E-state index in [0.29, 0.717) is 22.8 Å². The van der Waals surface area contributed by atoms with Crippen LogP contribution < -0.4 is 4.72 Å². The summed E-state index contributed by atoms with van der Waals surface area (Å²) in [6.45, 7) is 1.91. The first kappa shape index (κ1) is 15.9. The normalized spacial score (nSPS) is 11.7. The summed E-state index contributed by atoms with van der Waals surface area (Å²) in [5, 5.41) is 4.31. The van der Waals surface area contributed by atoms with E-state index in [9.17, 15) is 8.42 Å². The number of benzene rings is 1. The van der Waals surface area contributed by atoms with Crippen LogP contribution in [0.3, 0.4) is 0 Å². The predicted molar refractivity (Wildman–Crippen MR) is 80.3 cm³/mol. The van der Waals surface area contributed by atoms with Crippen LogP contribution in [0, 0.1) is 0 Å². The van der Waals surface area contributed by atoms with Crippen LogP contribution in [0.4, 0.5) is 0 Å². The molecule has 0 unspecified atom stereocenters. The van der Waals surface area contributed by atoms with Crippen LogP contribution in [0.25, 0.3) is 11.4 Å². The molecule has 0 fully saturated rings. The average molecular weight is 330 g/mol. The molecule has 0 atom stereocenters. The summed E-state index contributed by atoms with van der Waals surface area (Å²) in [6.07, 6.45) is 1.43. The van der Waals surface area contributed by atoms with E-state index >= 15 is 0 Å². The molecule has 0 amide bonds. The van der Waals surface area contributed by atoms with Gasteiger partial charge in [0, 0.05) is 5.56 Å². The highest BCUT2D eigenvalue weighted by Gasteiger charge is 2.14. The fraction of sp³-hybridized carbons (Fsp3) is 0.385. The molecule has 0 aliphatic heterocycles. The van der Waals surface area contributed by atoms with E-state index in [1.807, 2.05) is 13.0 Å². The quantitative estimate of drug-likeness (QED) is 0.844. The van der Waals surface area contributed by atoms with Gasteiger partial charge in [-0.25, -0.2) is 13.1 Å². The standard InChI is InChI=1S/C13H16ClN3O3S/c1-2-3-8-21(18,19)15-9-12-16-13(17-20-12)10-6-4-5-7-11(10)14/h4-7,15H,2-3,8-9H2,1H3. The van der Waals surface area contributed by atoms with Crippen molar-refractivity contribution in [2.75, 3.05) is 5.75 Å². The molecule has 2 rings (SSSR count). The fourth-order valence-corrected chi connectivity index (χ4v) is 3.03. The van der Waals surface area contributed by atoms with Gasteiger partial charge in [0.2, 0.25) is 21.7 Å². The van der Waals surface area contributed by atoms with Crippen molar-refractivity contribution >= 4 is 21.6 Å². The minimum Gasteiger partial charge on any atom is -0.338 e. The molecule has 0 bridgehead atoms. The van der Waals surface area contributed by atoms with E-state index in [-0.39, 0.29) is 18.2 Å². The van der Waals surface area contributed by atoms with Crippen molar-refractivity contribution in [1.29, 1.82) is 0 Å². The van der Waals surface area contributed by atoms with Crippen LogP contribution in [-0.4, -0.2) is 24.3 Å². The van der Waals surface area contributed by atoms with E-state index in [1.165, 1.54) is 0 Å². The van der Waals surface area contributed by atoms with E-state index in [4.69, 9.17) is 16.1 Å². The lowest BCUT2D eigenvalue weighted by Crippen LogP contribution is -2.26. The van der Waals surface area contributed by atoms with Gasteiger partial charge in [0.1, 0.15) is 0 Å². The van der Waals surface area contributed by atoms with Crippen molar-refractivity contribution in [2.45, 2.75) is 26.3 Å². The first-order valence-electron chi connectivity index (χ1n) is 6.56. The second-order valence-electron chi connectivity index (χ2n) is 4.49. The smallest absolute Gasteiger partial charge is 0.242 e. The van der Waals surface area contributed by atoms with Gasteiger partial charge in [-0.05, 0) is 18.6 Å². The molecule has 0 aliphatic carbocycles. The summed E-state index contributed by atoms with van der Waals surface area (Å²) < 4.78 is 30.8. The van der Waals surface area contributed by atoms with Crippen LogP contribution >= 0.6 is 11.6 Å². The Hall–Kier alpha value is -1.44. The minimum absolute atomic E-state index is 0.0243. The molecule has 1 heterocycles. The first-order chi connectivity index (χ1) is 10.0. The molecule has 2 aromatic rings. The number of aromatic nitrogens is 2. The molecule has 0 radical (unpaired) electrons. The van der Waals surface area contributed by atoms with Crippen LogP contribution in [0.2, 0.25) is 5.02 Å². The molecule has 114 valence electrons. The number of unbranched alkanes of at least 4 members (excludes halogenated alkanes) is 1. The van der Waals surface area contributed by atoms with Crippen molar-refractivity contribution in [1.82, 2.24) is 14.9 Å². The van der Waals surface area contributed by atoms with Gasteiger partial charge >= 0.3 is 0 Å². The fourth-order valence-electron chi connectivity index (χ4n) is 1.66. The van der Waals surface area contributed by atoms with Gasteiger partial charge in [-0.3, -0.25) is 0 Å². The summed E-state index contributed by atoms with van der Waals surface area (Å²) in [4.78, 5) is 4.14. The molecule has 6 nitrogen and oxygen atoms in total. The molecule has 0 saturated carbocycles. The summed E-state index contributed by atoms with van der Waals surface area (Å²) in [5.74, 6) is 0.628. The van der Waals surface area contributed by atoms with Gasteiger partial charge in [0.05, 0.1) is 17.3 Å². The topological polar surface area (TPSA) is 85.1 Å². The highest BCUT2D eigenvalue weighted by atomic mass is 35.5. The number of halogens is 1. The molecule has 1 N–H and O–H groups in total. The third kappa shape index (κ3) is 4.52. The molecule has 21 heavy (non-hydrogen) atoms. The Bertz CT molecular complexity index is 700. The van der Waals surface area contributed by atoms with Gasteiger partial charge in [-0.15, -0.1) is 0 Å². The van der Waals surface area contributed by atoms with Gasteiger partial charge in [0.15, 0.2) is 0 Å². The summed E-state index contributed by atoms with van der Waals surface area (Å²) in [6, 6.07) is 7.10. The number of sulfonamides is 1. The average Bonchev–Trinajstić information content (AvgIpc) is 2.92. The van der Waals surface area contributed by atoms with E-state index in [0.717, 1.165) is 6.42 Å². The summed E-state index contributed by atoms with van der Waals surface area (Å²) in [7, 11) is -3.31. The molecule has 1 aromatic heterocycles. The zero-order valence-electron chi connectivity index (χ0n) is 11.5. The number of hydrogen-bond acceptors (Lipinski definition) is 5. The van der Waals surface area contributed by atoms with Crippen LogP contribution in [-0.2, 0) is 16.6 Å². The van der Waals surface area contributed by atoms with Gasteiger partial charge in [-0.2, -0.15) is 4.98 Å². The molecular formula is C13H16ClN3O3S. The minimum atomic E-state index is -3.31. The number of nitrogens with one attached hydrogen (secondary N) is 1. The SMILES string of the molecule is CCCCS(=O)(=O)NCc1nc(-c2ccccc2Cl)no1. The molecule has 0 aliphatic rings. The van der Waals surface area contributed by atoms with E-state index in [2.05, 4.69) is 14.9 Å². The maximum Gasteiger partial charge on any atom is 0.242 e. The van der Waals surface area contributed by atoms with Gasteiger partial charge < -0.3 is 4.52 Å². The molecule has 1 aromatic carbocycles. The molecule has 8 heteroatoms.